The van der Waals surface area contributed by atoms with Crippen LogP contribution in [-0.2, 0) is 0 Å². The lowest BCUT2D eigenvalue weighted by Crippen LogP contribution is -2.07. The average molecular weight is 218 g/mol. The van der Waals surface area contributed by atoms with E-state index in [1.807, 2.05) is 0 Å². The zero-order valence-electron chi connectivity index (χ0n) is 7.22. The van der Waals surface area contributed by atoms with E-state index in [1.54, 1.807) is 6.92 Å². The fourth-order valence-corrected chi connectivity index (χ4v) is 0.886. The molecule has 0 aliphatic rings. The molecule has 0 atom stereocenters. The highest BCUT2D eigenvalue weighted by Crippen LogP contribution is 2.05. The van der Waals surface area contributed by atoms with Gasteiger partial charge in [-0.25, -0.2) is 14.6 Å². The molecule has 0 fully saturated rings. The second-order valence-electron chi connectivity index (χ2n) is 2.53. The first-order valence-corrected chi connectivity index (χ1v) is 3.46. The third kappa shape index (κ3) is 2.70. The third-order valence-corrected chi connectivity index (χ3v) is 1.41. The molecule has 76 valence electrons. The van der Waals surface area contributed by atoms with E-state index in [0.29, 0.717) is 5.56 Å². The molecule has 14 heavy (non-hydrogen) atoms. The number of halogens is 1. The van der Waals surface area contributed by atoms with E-state index in [-0.39, 0.29) is 23.8 Å². The predicted octanol–water partition coefficient (Wildman–Crippen LogP) is 1.21. The van der Waals surface area contributed by atoms with Crippen molar-refractivity contribution in [1.29, 1.82) is 0 Å². The molecule has 0 amide bonds. The molecule has 5 nitrogen and oxygen atoms in total. The lowest BCUT2D eigenvalue weighted by Gasteiger charge is -1.98. The van der Waals surface area contributed by atoms with E-state index in [9.17, 15) is 9.59 Å². The summed E-state index contributed by atoms with van der Waals surface area (Å²) in [7, 11) is 0. The number of pyridine rings is 1. The summed E-state index contributed by atoms with van der Waals surface area (Å²) in [4.78, 5) is 24.4. The first-order chi connectivity index (χ1) is 6.00. The highest BCUT2D eigenvalue weighted by molar-refractivity contribution is 5.90. The van der Waals surface area contributed by atoms with Crippen LogP contribution in [0.3, 0.4) is 0 Å². The Morgan fingerprint density at radius 1 is 1.14 bits per heavy atom. The molecule has 1 aromatic rings. The average Bonchev–Trinajstić information content (AvgIpc) is 2.03. The molecule has 0 unspecified atom stereocenters. The number of carboxylic acid groups (broad SMARTS) is 2. The van der Waals surface area contributed by atoms with E-state index in [0.717, 1.165) is 0 Å². The van der Waals surface area contributed by atoms with Crippen molar-refractivity contribution in [3.63, 3.8) is 0 Å². The molecule has 0 radical (unpaired) electrons. The number of nitrogens with zero attached hydrogens (tertiary/aromatic N) is 1. The monoisotopic (exact) mass is 217 g/mol. The van der Waals surface area contributed by atoms with Crippen LogP contribution in [0.1, 0.15) is 26.5 Å². The summed E-state index contributed by atoms with van der Waals surface area (Å²) >= 11 is 0. The quantitative estimate of drug-likeness (QED) is 0.778. The zero-order chi connectivity index (χ0) is 10.0. The maximum atomic E-state index is 10.5. The van der Waals surface area contributed by atoms with E-state index < -0.39 is 11.9 Å². The Hall–Kier alpha value is -1.62. The van der Waals surface area contributed by atoms with Crippen LogP contribution in [0, 0.1) is 6.92 Å². The van der Waals surface area contributed by atoms with Gasteiger partial charge in [0.2, 0.25) is 0 Å². The van der Waals surface area contributed by atoms with Crippen molar-refractivity contribution in [3.8, 4) is 0 Å². The van der Waals surface area contributed by atoms with E-state index in [2.05, 4.69) is 4.98 Å². The van der Waals surface area contributed by atoms with Crippen molar-refractivity contribution >= 4 is 24.3 Å². The van der Waals surface area contributed by atoms with Gasteiger partial charge in [-0.05, 0) is 24.6 Å². The smallest absolute Gasteiger partial charge is 0.354 e. The molecule has 6 heteroatoms. The fourth-order valence-electron chi connectivity index (χ4n) is 0.886. The normalized spacial score (nSPS) is 8.93. The largest absolute Gasteiger partial charge is 0.477 e. The number of carbonyl (C=O) groups is 2. The summed E-state index contributed by atoms with van der Waals surface area (Å²) in [5.41, 5.74) is 0.0552. The number of aryl methyl sites for hydroxylation is 1. The minimum atomic E-state index is -1.23. The van der Waals surface area contributed by atoms with Gasteiger partial charge in [-0.3, -0.25) is 0 Å². The van der Waals surface area contributed by atoms with E-state index in [4.69, 9.17) is 10.2 Å². The lowest BCUT2D eigenvalue weighted by atomic mass is 10.2. The first kappa shape index (κ1) is 12.4. The molecule has 1 heterocycles. The van der Waals surface area contributed by atoms with Gasteiger partial charge in [-0.1, -0.05) is 0 Å². The van der Waals surface area contributed by atoms with Crippen LogP contribution in [0.25, 0.3) is 0 Å². The zero-order valence-corrected chi connectivity index (χ0v) is 8.04. The molecule has 1 rings (SSSR count). The van der Waals surface area contributed by atoms with Crippen molar-refractivity contribution in [2.75, 3.05) is 0 Å². The van der Waals surface area contributed by atoms with Crippen molar-refractivity contribution in [3.05, 3.63) is 29.1 Å². The fraction of sp³-hybridized carbons (Fsp3) is 0.125. The molecule has 0 aliphatic heterocycles. The molecule has 0 aliphatic carbocycles. The van der Waals surface area contributed by atoms with Gasteiger partial charge < -0.3 is 10.2 Å². The number of hydrogen-bond acceptors (Lipinski definition) is 3. The van der Waals surface area contributed by atoms with Crippen LogP contribution >= 0.6 is 12.4 Å². The maximum Gasteiger partial charge on any atom is 0.354 e. The molecule has 0 spiro atoms. The number of aromatic nitrogens is 1. The van der Waals surface area contributed by atoms with Gasteiger partial charge in [0.25, 0.3) is 0 Å². The summed E-state index contributed by atoms with van der Waals surface area (Å²) in [6, 6.07) is 2.63. The van der Waals surface area contributed by atoms with Gasteiger partial charge in [0.15, 0.2) is 0 Å². The summed E-state index contributed by atoms with van der Waals surface area (Å²) < 4.78 is 0. The van der Waals surface area contributed by atoms with Crippen LogP contribution in [0.4, 0.5) is 0 Å². The molecular formula is C8H8ClNO4. The summed E-state index contributed by atoms with van der Waals surface area (Å²) in [6.45, 7) is 1.61. The van der Waals surface area contributed by atoms with E-state index >= 15 is 0 Å². The van der Waals surface area contributed by atoms with Crippen LogP contribution in [0.15, 0.2) is 12.1 Å². The topological polar surface area (TPSA) is 87.5 Å². The van der Waals surface area contributed by atoms with E-state index in [1.165, 1.54) is 12.1 Å². The Kier molecular flexibility index (Phi) is 4.04. The highest BCUT2D eigenvalue weighted by atomic mass is 35.5. The Bertz CT molecular complexity index is 345. The highest BCUT2D eigenvalue weighted by Gasteiger charge is 2.11. The third-order valence-electron chi connectivity index (χ3n) is 1.41. The number of rotatable bonds is 2. The Morgan fingerprint density at radius 2 is 1.50 bits per heavy atom. The minimum Gasteiger partial charge on any atom is -0.477 e. The molecule has 2 N–H and O–H groups in total. The number of carboxylic acids is 2. The number of aromatic carboxylic acids is 2. The number of hydrogen-bond donors (Lipinski definition) is 2. The van der Waals surface area contributed by atoms with Gasteiger partial charge >= 0.3 is 11.9 Å². The van der Waals surface area contributed by atoms with Gasteiger partial charge in [-0.2, -0.15) is 0 Å². The van der Waals surface area contributed by atoms with Gasteiger partial charge in [0.1, 0.15) is 11.4 Å². The second-order valence-corrected chi connectivity index (χ2v) is 2.53. The van der Waals surface area contributed by atoms with Crippen molar-refractivity contribution in [2.24, 2.45) is 0 Å². The molecule has 0 aromatic carbocycles. The Balaban J connectivity index is 0.00000169. The molecule has 0 saturated carbocycles. The van der Waals surface area contributed by atoms with Crippen molar-refractivity contribution in [2.45, 2.75) is 6.92 Å². The maximum absolute atomic E-state index is 10.5. The van der Waals surface area contributed by atoms with Gasteiger partial charge in [0, 0.05) is 0 Å². The Morgan fingerprint density at radius 3 is 1.79 bits per heavy atom. The Labute approximate surface area is 85.8 Å². The molecule has 0 bridgehead atoms. The second kappa shape index (κ2) is 4.57. The van der Waals surface area contributed by atoms with Crippen LogP contribution in [0.2, 0.25) is 0 Å². The minimum absolute atomic E-state index is 0. The molecule has 0 saturated heterocycles. The molecule has 1 aromatic heterocycles. The van der Waals surface area contributed by atoms with Crippen LogP contribution in [-0.4, -0.2) is 27.1 Å². The SMILES string of the molecule is Cc1cc(C(=O)O)nc(C(=O)O)c1.Cl. The predicted molar refractivity (Wildman–Crippen MR) is 50.1 cm³/mol. The van der Waals surface area contributed by atoms with Crippen molar-refractivity contribution in [1.82, 2.24) is 4.98 Å². The van der Waals surface area contributed by atoms with Crippen LogP contribution in [0.5, 0.6) is 0 Å². The van der Waals surface area contributed by atoms with Crippen molar-refractivity contribution < 1.29 is 19.8 Å². The van der Waals surface area contributed by atoms with Crippen LogP contribution < -0.4 is 0 Å². The lowest BCUT2D eigenvalue weighted by molar-refractivity contribution is 0.0685. The summed E-state index contributed by atoms with van der Waals surface area (Å²) in [5, 5.41) is 17.1. The van der Waals surface area contributed by atoms with Gasteiger partial charge in [0.05, 0.1) is 0 Å². The standard InChI is InChI=1S/C8H7NO4.ClH/c1-4-2-5(7(10)11)9-6(3-4)8(12)13;/h2-3H,1H3,(H,10,11)(H,12,13);1H. The first-order valence-electron chi connectivity index (χ1n) is 3.46. The summed E-state index contributed by atoms with van der Waals surface area (Å²) in [6.07, 6.45) is 0. The molecular weight excluding hydrogens is 210 g/mol. The summed E-state index contributed by atoms with van der Waals surface area (Å²) in [5.74, 6) is -2.46. The van der Waals surface area contributed by atoms with Gasteiger partial charge in [-0.15, -0.1) is 12.4 Å².